The highest BCUT2D eigenvalue weighted by atomic mass is 14.9. The molecule has 2 atom stereocenters. The molecular formula is C51H69N. The normalized spacial score (nSPS) is 13.6. The lowest BCUT2D eigenvalue weighted by Gasteiger charge is -2.28. The van der Waals surface area contributed by atoms with Crippen molar-refractivity contribution >= 4 is 12.3 Å². The zero-order valence-electron chi connectivity index (χ0n) is 35.4. The summed E-state index contributed by atoms with van der Waals surface area (Å²) >= 11 is 0. The van der Waals surface area contributed by atoms with Gasteiger partial charge in [-0.3, -0.25) is 0 Å². The zero-order chi connectivity index (χ0) is 39.4. The van der Waals surface area contributed by atoms with Crippen molar-refractivity contribution in [2.24, 2.45) is 10.8 Å². The SMILES string of the molecule is C=C/C(NC(/C=C\C)=C/C)=c1/ccccc1=C.CC(C)(C)C.Cc1cc(C)cc(C(c2ccc(C(C)C(C)(C)C)cc2)c2cc(C)c(C)c(C)c2)c1. The Balaban J connectivity index is 0.000000358. The summed E-state index contributed by atoms with van der Waals surface area (Å²) in [4.78, 5) is 0. The molecule has 1 N–H and O–H groups in total. The molecule has 0 aliphatic heterocycles. The molecule has 0 bridgehead atoms. The van der Waals surface area contributed by atoms with Gasteiger partial charge in [0.25, 0.3) is 0 Å². The number of aryl methyl sites for hydroxylation is 4. The third-order valence-electron chi connectivity index (χ3n) is 9.38. The van der Waals surface area contributed by atoms with E-state index in [9.17, 15) is 0 Å². The molecule has 4 aromatic rings. The molecule has 0 spiro atoms. The van der Waals surface area contributed by atoms with E-state index in [1.807, 2.05) is 62.4 Å². The first-order valence-corrected chi connectivity index (χ1v) is 18.9. The van der Waals surface area contributed by atoms with Crippen LogP contribution >= 0.6 is 0 Å². The van der Waals surface area contributed by atoms with Gasteiger partial charge in [0, 0.05) is 22.5 Å². The molecule has 0 fully saturated rings. The molecule has 0 saturated carbocycles. The second-order valence-corrected chi connectivity index (χ2v) is 17.0. The summed E-state index contributed by atoms with van der Waals surface area (Å²) in [6.45, 7) is 41.0. The standard InChI is InChI=1S/C30H38.C16H19N.C5H12/c1-19-14-20(2)16-27(15-19)29(28-17-21(3)23(5)22(4)18-28)26-12-10-25(11-13-26)24(6)30(7,8)9;1-5-10-14(6-2)17-16(7-3)15-12-9-8-11-13(15)4;1-5(2,3)4/h10-18,24,29H,1-9H3;5-12,17H,3-4H2,1-2H3;1-4H3/b;10-5-,14-6+,16-15+;. The van der Waals surface area contributed by atoms with Gasteiger partial charge in [0.1, 0.15) is 0 Å². The summed E-state index contributed by atoms with van der Waals surface area (Å²) in [5.74, 6) is 0.774. The minimum absolute atomic E-state index is 0.251. The van der Waals surface area contributed by atoms with Crippen LogP contribution in [0.5, 0.6) is 0 Å². The molecule has 1 nitrogen and oxygen atoms in total. The molecule has 52 heavy (non-hydrogen) atoms. The highest BCUT2D eigenvalue weighted by Gasteiger charge is 2.23. The first-order chi connectivity index (χ1) is 24.2. The van der Waals surface area contributed by atoms with E-state index in [1.165, 1.54) is 50.1 Å². The van der Waals surface area contributed by atoms with E-state index in [2.05, 4.69) is 163 Å². The van der Waals surface area contributed by atoms with Crippen molar-refractivity contribution in [1.82, 2.24) is 5.32 Å². The van der Waals surface area contributed by atoms with Crippen molar-refractivity contribution < 1.29 is 0 Å². The van der Waals surface area contributed by atoms with E-state index in [0.717, 1.165) is 21.8 Å². The van der Waals surface area contributed by atoms with Gasteiger partial charge >= 0.3 is 0 Å². The highest BCUT2D eigenvalue weighted by Crippen LogP contribution is 2.38. The Bertz CT molecular complexity index is 1890. The quantitative estimate of drug-likeness (QED) is 0.143. The predicted octanol–water partition coefficient (Wildman–Crippen LogP) is 13.1. The minimum Gasteiger partial charge on any atom is -0.355 e. The van der Waals surface area contributed by atoms with Crippen molar-refractivity contribution in [3.8, 4) is 0 Å². The number of benzene rings is 4. The van der Waals surface area contributed by atoms with Crippen LogP contribution in [-0.2, 0) is 0 Å². The fraction of sp³-hybridized carbons (Fsp3) is 0.373. The molecule has 0 aliphatic rings. The van der Waals surface area contributed by atoms with Gasteiger partial charge in [-0.1, -0.05) is 171 Å². The average molecular weight is 696 g/mol. The van der Waals surface area contributed by atoms with Gasteiger partial charge in [-0.05, 0) is 122 Å². The molecule has 0 heterocycles. The Kier molecular flexibility index (Phi) is 16.4. The lowest BCUT2D eigenvalue weighted by atomic mass is 9.76. The second-order valence-electron chi connectivity index (χ2n) is 17.0. The summed E-state index contributed by atoms with van der Waals surface area (Å²) in [6, 6.07) is 29.1. The van der Waals surface area contributed by atoms with Crippen molar-refractivity contribution in [3.05, 3.63) is 176 Å². The maximum Gasteiger partial charge on any atom is 0.0457 e. The van der Waals surface area contributed by atoms with Crippen LogP contribution in [0.4, 0.5) is 0 Å². The second kappa shape index (κ2) is 19.5. The van der Waals surface area contributed by atoms with Gasteiger partial charge in [-0.15, -0.1) is 0 Å². The van der Waals surface area contributed by atoms with Gasteiger partial charge in [0.15, 0.2) is 0 Å². The highest BCUT2D eigenvalue weighted by molar-refractivity contribution is 5.57. The number of allylic oxidation sites excluding steroid dienone is 3. The maximum atomic E-state index is 4.02. The Morgan fingerprint density at radius 3 is 1.60 bits per heavy atom. The van der Waals surface area contributed by atoms with Crippen LogP contribution in [0.15, 0.2) is 115 Å². The maximum absolute atomic E-state index is 4.02. The van der Waals surface area contributed by atoms with Gasteiger partial charge in [0.2, 0.25) is 0 Å². The average Bonchev–Trinajstić information content (AvgIpc) is 3.05. The van der Waals surface area contributed by atoms with E-state index in [0.29, 0.717) is 11.3 Å². The van der Waals surface area contributed by atoms with Crippen LogP contribution in [0.1, 0.15) is 131 Å². The number of hydrogen-bond donors (Lipinski definition) is 1. The van der Waals surface area contributed by atoms with Gasteiger partial charge < -0.3 is 5.32 Å². The molecule has 4 rings (SSSR count). The molecule has 0 radical (unpaired) electrons. The predicted molar refractivity (Wildman–Crippen MR) is 233 cm³/mol. The van der Waals surface area contributed by atoms with E-state index in [4.69, 9.17) is 0 Å². The fourth-order valence-corrected chi connectivity index (χ4v) is 6.02. The molecule has 278 valence electrons. The molecular weight excluding hydrogens is 627 g/mol. The first-order valence-electron chi connectivity index (χ1n) is 18.9. The molecule has 2 unspecified atom stereocenters. The lowest BCUT2D eigenvalue weighted by Crippen LogP contribution is -2.29. The van der Waals surface area contributed by atoms with Gasteiger partial charge in [-0.2, -0.15) is 0 Å². The van der Waals surface area contributed by atoms with E-state index in [1.54, 1.807) is 0 Å². The minimum atomic E-state index is 0.251. The molecule has 0 aliphatic carbocycles. The molecule has 0 aromatic heterocycles. The Hall–Kier alpha value is -4.36. The van der Waals surface area contributed by atoms with Crippen molar-refractivity contribution in [3.63, 3.8) is 0 Å². The van der Waals surface area contributed by atoms with Crippen LogP contribution < -0.4 is 15.8 Å². The first kappa shape index (κ1) is 43.8. The third-order valence-corrected chi connectivity index (χ3v) is 9.38. The fourth-order valence-electron chi connectivity index (χ4n) is 6.02. The molecule has 0 amide bonds. The van der Waals surface area contributed by atoms with E-state index in [-0.39, 0.29) is 11.3 Å². The Labute approximate surface area is 319 Å². The van der Waals surface area contributed by atoms with Crippen LogP contribution in [0.3, 0.4) is 0 Å². The van der Waals surface area contributed by atoms with Gasteiger partial charge in [-0.25, -0.2) is 0 Å². The summed E-state index contributed by atoms with van der Waals surface area (Å²) in [5, 5.41) is 5.41. The monoisotopic (exact) mass is 696 g/mol. The molecule has 1 heteroatoms. The Morgan fingerprint density at radius 2 is 1.15 bits per heavy atom. The summed E-state index contributed by atoms with van der Waals surface area (Å²) in [5.41, 5.74) is 15.1. The van der Waals surface area contributed by atoms with Crippen LogP contribution in [0.25, 0.3) is 12.3 Å². The topological polar surface area (TPSA) is 12.0 Å². The van der Waals surface area contributed by atoms with Crippen LogP contribution in [0.2, 0.25) is 0 Å². The summed E-state index contributed by atoms with van der Waals surface area (Å²) in [7, 11) is 0. The van der Waals surface area contributed by atoms with Crippen LogP contribution in [-0.4, -0.2) is 0 Å². The summed E-state index contributed by atoms with van der Waals surface area (Å²) in [6.07, 6.45) is 7.86. The Morgan fingerprint density at radius 1 is 0.673 bits per heavy atom. The van der Waals surface area contributed by atoms with Crippen molar-refractivity contribution in [2.45, 2.75) is 116 Å². The van der Waals surface area contributed by atoms with Crippen molar-refractivity contribution in [1.29, 1.82) is 0 Å². The van der Waals surface area contributed by atoms with Gasteiger partial charge in [0.05, 0.1) is 0 Å². The van der Waals surface area contributed by atoms with Crippen molar-refractivity contribution in [2.75, 3.05) is 0 Å². The van der Waals surface area contributed by atoms with Crippen LogP contribution in [0, 0.1) is 45.4 Å². The van der Waals surface area contributed by atoms with E-state index < -0.39 is 0 Å². The molecule has 4 aromatic carbocycles. The lowest BCUT2D eigenvalue weighted by molar-refractivity contribution is 0.339. The van der Waals surface area contributed by atoms with E-state index >= 15 is 0 Å². The summed E-state index contributed by atoms with van der Waals surface area (Å²) < 4.78 is 0. The smallest absolute Gasteiger partial charge is 0.0457 e. The number of hydrogen-bond acceptors (Lipinski definition) is 1. The number of rotatable bonds is 8. The number of nitrogens with one attached hydrogen (secondary N) is 1. The zero-order valence-corrected chi connectivity index (χ0v) is 35.4. The molecule has 0 saturated heterocycles. The largest absolute Gasteiger partial charge is 0.355 e. The third kappa shape index (κ3) is 13.6.